The number of ether oxygens (including phenoxy) is 2. The quantitative estimate of drug-likeness (QED) is 0.663. The monoisotopic (exact) mass is 413 g/mol. The molecule has 1 aliphatic carbocycles. The van der Waals surface area contributed by atoms with Gasteiger partial charge in [-0.3, -0.25) is 0 Å². The average Bonchev–Trinajstić information content (AvgIpc) is 3.05. The van der Waals surface area contributed by atoms with Crippen molar-refractivity contribution in [1.82, 2.24) is 9.97 Å². The summed E-state index contributed by atoms with van der Waals surface area (Å²) in [4.78, 5) is 21.4. The van der Waals surface area contributed by atoms with Crippen molar-refractivity contribution in [3.63, 3.8) is 0 Å². The van der Waals surface area contributed by atoms with E-state index in [0.717, 1.165) is 24.5 Å². The smallest absolute Gasteiger partial charge is 0.337 e. The van der Waals surface area contributed by atoms with Crippen molar-refractivity contribution in [3.8, 4) is 17.0 Å². The molecule has 150 valence electrons. The van der Waals surface area contributed by atoms with E-state index in [-0.39, 0.29) is 5.56 Å². The van der Waals surface area contributed by atoms with Crippen LogP contribution in [0.1, 0.15) is 10.4 Å². The lowest BCUT2D eigenvalue weighted by molar-refractivity contribution is 0.0699. The summed E-state index contributed by atoms with van der Waals surface area (Å²) < 4.78 is 11.0. The molecule has 3 heterocycles. The highest BCUT2D eigenvalue weighted by atomic mass is 35.5. The number of carbonyl (C=O) groups is 1. The molecule has 7 nitrogen and oxygen atoms in total. The van der Waals surface area contributed by atoms with Gasteiger partial charge in [0.15, 0.2) is 0 Å². The summed E-state index contributed by atoms with van der Waals surface area (Å²) in [6.07, 6.45) is 1.85. The molecule has 2 unspecified atom stereocenters. The number of piperidine rings is 1. The third-order valence-electron chi connectivity index (χ3n) is 6.04. The van der Waals surface area contributed by atoms with Crippen LogP contribution in [0.3, 0.4) is 0 Å². The Kier molecular flexibility index (Phi) is 4.18. The van der Waals surface area contributed by atoms with Gasteiger partial charge in [0.2, 0.25) is 5.88 Å². The zero-order valence-corrected chi connectivity index (χ0v) is 16.7. The number of methoxy groups -OCH3 is 2. The third-order valence-corrected chi connectivity index (χ3v) is 6.35. The molecule has 5 rings (SSSR count). The largest absolute Gasteiger partial charge is 0.480 e. The molecule has 8 heteroatoms. The van der Waals surface area contributed by atoms with Gasteiger partial charge in [0.1, 0.15) is 5.82 Å². The minimum atomic E-state index is -0.994. The Labute approximate surface area is 172 Å². The number of fused-ring (bicyclic) bond motifs is 2. The van der Waals surface area contributed by atoms with E-state index >= 15 is 0 Å². The van der Waals surface area contributed by atoms with Crippen LogP contribution in [0.4, 0.5) is 5.82 Å². The maximum atomic E-state index is 11.5. The number of carboxylic acid groups (broad SMARTS) is 1. The van der Waals surface area contributed by atoms with Crippen LogP contribution in [-0.4, -0.2) is 54.5 Å². The van der Waals surface area contributed by atoms with Crippen molar-refractivity contribution in [1.29, 1.82) is 0 Å². The number of aromatic amines is 1. The number of rotatable bonds is 5. The van der Waals surface area contributed by atoms with Crippen LogP contribution in [0.2, 0.25) is 5.02 Å². The number of halogens is 1. The van der Waals surface area contributed by atoms with E-state index in [1.54, 1.807) is 26.4 Å². The van der Waals surface area contributed by atoms with E-state index in [1.807, 2.05) is 12.1 Å². The van der Waals surface area contributed by atoms with E-state index in [2.05, 4.69) is 9.88 Å². The number of benzene rings is 1. The summed E-state index contributed by atoms with van der Waals surface area (Å²) in [7, 11) is 3.34. The Balaban J connectivity index is 1.52. The second-order valence-corrected chi connectivity index (χ2v) is 7.95. The van der Waals surface area contributed by atoms with Crippen molar-refractivity contribution in [3.05, 3.63) is 41.0 Å². The molecule has 0 spiro atoms. The van der Waals surface area contributed by atoms with Crippen LogP contribution >= 0.6 is 11.6 Å². The molecule has 1 saturated carbocycles. The summed E-state index contributed by atoms with van der Waals surface area (Å²) in [6, 6.07) is 7.38. The van der Waals surface area contributed by atoms with Gasteiger partial charge in [-0.05, 0) is 24.3 Å². The number of nitrogens with one attached hydrogen (secondary N) is 1. The summed E-state index contributed by atoms with van der Waals surface area (Å²) in [5, 5.41) is 10.5. The van der Waals surface area contributed by atoms with Crippen LogP contribution in [-0.2, 0) is 4.74 Å². The first kappa shape index (κ1) is 18.3. The molecular weight excluding hydrogens is 394 g/mol. The van der Waals surface area contributed by atoms with Gasteiger partial charge in [0.25, 0.3) is 0 Å². The first-order chi connectivity index (χ1) is 14.0. The van der Waals surface area contributed by atoms with Crippen LogP contribution in [0.5, 0.6) is 5.88 Å². The van der Waals surface area contributed by atoms with Gasteiger partial charge in [0, 0.05) is 60.3 Å². The standard InChI is InChI=1S/C21H20ClN3O4/c1-28-19-14-8-25(9-15(14)19)18-4-3-10(20(24-18)29-2)11-5-12-13(21(26)27)7-23-17(12)6-16(11)22/h3-7,14-15,19,23H,8-9H2,1-2H3,(H,26,27). The van der Waals surface area contributed by atoms with Crippen LogP contribution in [0.15, 0.2) is 30.5 Å². The highest BCUT2D eigenvalue weighted by Gasteiger charge is 2.56. The number of hydrogen-bond acceptors (Lipinski definition) is 5. The van der Waals surface area contributed by atoms with E-state index in [0.29, 0.717) is 45.3 Å². The van der Waals surface area contributed by atoms with Crippen molar-refractivity contribution in [2.24, 2.45) is 11.8 Å². The zero-order valence-electron chi connectivity index (χ0n) is 16.0. The fraction of sp³-hybridized carbons (Fsp3) is 0.333. The topological polar surface area (TPSA) is 87.7 Å². The Bertz CT molecular complexity index is 1120. The fourth-order valence-corrected chi connectivity index (χ4v) is 4.77. The second kappa shape index (κ2) is 6.64. The summed E-state index contributed by atoms with van der Waals surface area (Å²) in [5.41, 5.74) is 2.27. The number of anilines is 1. The zero-order chi connectivity index (χ0) is 20.3. The van der Waals surface area contributed by atoms with E-state index in [4.69, 9.17) is 26.1 Å². The van der Waals surface area contributed by atoms with Gasteiger partial charge in [-0.1, -0.05) is 11.6 Å². The number of pyridine rings is 1. The van der Waals surface area contributed by atoms with Crippen LogP contribution in [0, 0.1) is 11.8 Å². The maximum absolute atomic E-state index is 11.5. The average molecular weight is 414 g/mol. The molecular formula is C21H20ClN3O4. The van der Waals surface area contributed by atoms with Crippen LogP contribution in [0.25, 0.3) is 22.0 Å². The maximum Gasteiger partial charge on any atom is 0.337 e. The lowest BCUT2D eigenvalue weighted by Gasteiger charge is -2.22. The van der Waals surface area contributed by atoms with Gasteiger partial charge in [-0.25, -0.2) is 4.79 Å². The first-order valence-electron chi connectivity index (χ1n) is 9.39. The minimum absolute atomic E-state index is 0.199. The fourth-order valence-electron chi connectivity index (χ4n) is 4.50. The Morgan fingerprint density at radius 1 is 1.24 bits per heavy atom. The number of carboxylic acids is 1. The van der Waals surface area contributed by atoms with E-state index in [1.165, 1.54) is 6.20 Å². The Morgan fingerprint density at radius 3 is 2.66 bits per heavy atom. The SMILES string of the molecule is COc1nc(N2CC3C(C2)C3OC)ccc1-c1cc2c(C(=O)O)c[nH]c2cc1Cl. The molecule has 2 atom stereocenters. The first-order valence-corrected chi connectivity index (χ1v) is 9.76. The number of H-pyrrole nitrogens is 1. The summed E-state index contributed by atoms with van der Waals surface area (Å²) in [5.74, 6) is 1.48. The number of aromatic carboxylic acids is 1. The normalized spacial score (nSPS) is 22.7. The van der Waals surface area contributed by atoms with Crippen molar-refractivity contribution >= 4 is 34.3 Å². The minimum Gasteiger partial charge on any atom is -0.480 e. The van der Waals surface area contributed by atoms with E-state index in [9.17, 15) is 9.90 Å². The number of hydrogen-bond donors (Lipinski definition) is 2. The van der Waals surface area contributed by atoms with Gasteiger partial charge >= 0.3 is 5.97 Å². The van der Waals surface area contributed by atoms with Crippen molar-refractivity contribution < 1.29 is 19.4 Å². The molecule has 0 bridgehead atoms. The summed E-state index contributed by atoms with van der Waals surface area (Å²) in [6.45, 7) is 1.85. The molecule has 1 saturated heterocycles. The lowest BCUT2D eigenvalue weighted by Crippen LogP contribution is -2.26. The van der Waals surface area contributed by atoms with E-state index < -0.39 is 5.97 Å². The van der Waals surface area contributed by atoms with Gasteiger partial charge in [0.05, 0.1) is 23.8 Å². The lowest BCUT2D eigenvalue weighted by atomic mass is 10.0. The number of aromatic nitrogens is 2. The Morgan fingerprint density at radius 2 is 2.00 bits per heavy atom. The molecule has 0 amide bonds. The molecule has 2 aromatic heterocycles. The molecule has 2 fully saturated rings. The molecule has 3 aromatic rings. The highest BCUT2D eigenvalue weighted by molar-refractivity contribution is 6.34. The van der Waals surface area contributed by atoms with Gasteiger partial charge < -0.3 is 24.5 Å². The van der Waals surface area contributed by atoms with Crippen LogP contribution < -0.4 is 9.64 Å². The third kappa shape index (κ3) is 2.84. The predicted molar refractivity (Wildman–Crippen MR) is 110 cm³/mol. The number of nitrogens with zero attached hydrogens (tertiary/aromatic N) is 2. The molecule has 2 N–H and O–H groups in total. The predicted octanol–water partition coefficient (Wildman–Crippen LogP) is 3.67. The Hall–Kier alpha value is -2.77. The molecule has 2 aliphatic rings. The van der Waals surface area contributed by atoms with Gasteiger partial charge in [-0.15, -0.1) is 0 Å². The molecule has 0 radical (unpaired) electrons. The van der Waals surface area contributed by atoms with Gasteiger partial charge in [-0.2, -0.15) is 4.98 Å². The molecule has 1 aromatic carbocycles. The second-order valence-electron chi connectivity index (χ2n) is 7.54. The highest BCUT2D eigenvalue weighted by Crippen LogP contribution is 2.48. The van der Waals surface area contributed by atoms with Crippen molar-refractivity contribution in [2.75, 3.05) is 32.2 Å². The molecule has 1 aliphatic heterocycles. The molecule has 29 heavy (non-hydrogen) atoms. The van der Waals surface area contributed by atoms with Crippen molar-refractivity contribution in [2.45, 2.75) is 6.10 Å². The summed E-state index contributed by atoms with van der Waals surface area (Å²) >= 11 is 6.50.